The summed E-state index contributed by atoms with van der Waals surface area (Å²) in [6, 6.07) is 2.49. The van der Waals surface area contributed by atoms with E-state index >= 15 is 0 Å². The molecule has 0 aliphatic heterocycles. The lowest BCUT2D eigenvalue weighted by atomic mass is 10.1. The molecule has 8 heteroatoms. The van der Waals surface area contributed by atoms with Gasteiger partial charge < -0.3 is 21.3 Å². The third kappa shape index (κ3) is 4.43. The van der Waals surface area contributed by atoms with E-state index in [9.17, 15) is 19.5 Å². The molecule has 0 spiro atoms. The standard InChI is InChI=1S/C12H13ClN2O5/c13-7-5-6(1-3-9(7)16)11(18)15-8(12(19)20)2-4-10(14)17/h1,3,5,8,16H,2,4H2,(H2,14,17)(H,15,18)(H,19,20). The number of carbonyl (C=O) groups excluding carboxylic acids is 2. The molecule has 0 aromatic heterocycles. The van der Waals surface area contributed by atoms with E-state index in [1.807, 2.05) is 0 Å². The summed E-state index contributed by atoms with van der Waals surface area (Å²) in [5.74, 6) is -2.79. The zero-order chi connectivity index (χ0) is 15.3. The minimum Gasteiger partial charge on any atom is -0.506 e. The van der Waals surface area contributed by atoms with Crippen molar-refractivity contribution < 1.29 is 24.6 Å². The Hall–Kier alpha value is -2.28. The number of phenolic OH excluding ortho intramolecular Hbond substituents is 1. The van der Waals surface area contributed by atoms with Crippen molar-refractivity contribution in [2.24, 2.45) is 5.73 Å². The van der Waals surface area contributed by atoms with Gasteiger partial charge in [0.15, 0.2) is 0 Å². The quantitative estimate of drug-likeness (QED) is 0.607. The van der Waals surface area contributed by atoms with Gasteiger partial charge in [-0.15, -0.1) is 0 Å². The Bertz CT molecular complexity index is 547. The van der Waals surface area contributed by atoms with Crippen LogP contribution in [0.2, 0.25) is 5.02 Å². The van der Waals surface area contributed by atoms with Crippen LogP contribution in [0.15, 0.2) is 18.2 Å². The van der Waals surface area contributed by atoms with Crippen molar-refractivity contribution in [2.75, 3.05) is 0 Å². The van der Waals surface area contributed by atoms with Gasteiger partial charge in [-0.05, 0) is 24.6 Å². The molecule has 5 N–H and O–H groups in total. The van der Waals surface area contributed by atoms with Gasteiger partial charge in [0, 0.05) is 12.0 Å². The fraction of sp³-hybridized carbons (Fsp3) is 0.250. The monoisotopic (exact) mass is 300 g/mol. The molecule has 2 amide bonds. The maximum atomic E-state index is 11.8. The van der Waals surface area contributed by atoms with E-state index in [0.717, 1.165) is 0 Å². The summed E-state index contributed by atoms with van der Waals surface area (Å²) >= 11 is 5.65. The van der Waals surface area contributed by atoms with Crippen LogP contribution in [-0.2, 0) is 9.59 Å². The highest BCUT2D eigenvalue weighted by molar-refractivity contribution is 6.32. The van der Waals surface area contributed by atoms with Crippen LogP contribution in [0.3, 0.4) is 0 Å². The van der Waals surface area contributed by atoms with Gasteiger partial charge in [-0.25, -0.2) is 4.79 Å². The lowest BCUT2D eigenvalue weighted by molar-refractivity contribution is -0.139. The highest BCUT2D eigenvalue weighted by atomic mass is 35.5. The first-order valence-corrected chi connectivity index (χ1v) is 5.99. The SMILES string of the molecule is NC(=O)CCC(NC(=O)c1ccc(O)c(Cl)c1)C(=O)O. The van der Waals surface area contributed by atoms with E-state index in [1.54, 1.807) is 0 Å². The first-order chi connectivity index (χ1) is 9.31. The van der Waals surface area contributed by atoms with E-state index in [1.165, 1.54) is 18.2 Å². The topological polar surface area (TPSA) is 130 Å². The maximum absolute atomic E-state index is 11.8. The number of carbonyl (C=O) groups is 3. The van der Waals surface area contributed by atoms with E-state index in [4.69, 9.17) is 22.4 Å². The van der Waals surface area contributed by atoms with Gasteiger partial charge in [0.05, 0.1) is 5.02 Å². The molecule has 7 nitrogen and oxygen atoms in total. The summed E-state index contributed by atoms with van der Waals surface area (Å²) < 4.78 is 0. The zero-order valence-corrected chi connectivity index (χ0v) is 11.1. The molecule has 0 radical (unpaired) electrons. The molecule has 0 bridgehead atoms. The molecule has 1 atom stereocenters. The molecule has 1 unspecified atom stereocenters. The number of amides is 2. The van der Waals surface area contributed by atoms with Crippen molar-refractivity contribution in [3.8, 4) is 5.75 Å². The predicted octanol–water partition coefficient (Wildman–Crippen LogP) is 0.494. The number of aliphatic carboxylic acids is 1. The number of primary amides is 1. The molecule has 0 heterocycles. The summed E-state index contributed by atoms with van der Waals surface area (Å²) in [5, 5.41) is 20.4. The van der Waals surface area contributed by atoms with Crippen LogP contribution in [0.4, 0.5) is 0 Å². The average Bonchev–Trinajstić information content (AvgIpc) is 2.36. The van der Waals surface area contributed by atoms with Crippen molar-refractivity contribution >= 4 is 29.4 Å². The third-order valence-corrected chi connectivity index (χ3v) is 2.80. The van der Waals surface area contributed by atoms with Crippen LogP contribution in [0.25, 0.3) is 0 Å². The number of carboxylic acid groups (broad SMARTS) is 1. The van der Waals surface area contributed by atoms with Crippen LogP contribution < -0.4 is 11.1 Å². The summed E-state index contributed by atoms with van der Waals surface area (Å²) in [5.41, 5.74) is 5.03. The molecule has 108 valence electrons. The van der Waals surface area contributed by atoms with Crippen LogP contribution in [0.1, 0.15) is 23.2 Å². The largest absolute Gasteiger partial charge is 0.506 e. The predicted molar refractivity (Wildman–Crippen MR) is 70.4 cm³/mol. The van der Waals surface area contributed by atoms with Gasteiger partial charge in [-0.3, -0.25) is 9.59 Å². The number of hydrogen-bond donors (Lipinski definition) is 4. The molecular formula is C12H13ClN2O5. The third-order valence-electron chi connectivity index (χ3n) is 2.49. The molecule has 1 aromatic carbocycles. The van der Waals surface area contributed by atoms with E-state index in [-0.39, 0.29) is 29.2 Å². The zero-order valence-electron chi connectivity index (χ0n) is 10.3. The first kappa shape index (κ1) is 15.8. The second kappa shape index (κ2) is 6.76. The molecule has 0 aliphatic rings. The highest BCUT2D eigenvalue weighted by Gasteiger charge is 2.21. The number of nitrogens with one attached hydrogen (secondary N) is 1. The Balaban J connectivity index is 2.77. The number of hydrogen-bond acceptors (Lipinski definition) is 4. The number of carboxylic acids is 1. The van der Waals surface area contributed by atoms with Crippen molar-refractivity contribution in [3.63, 3.8) is 0 Å². The summed E-state index contributed by atoms with van der Waals surface area (Å²) in [7, 11) is 0. The Morgan fingerprint density at radius 2 is 2.00 bits per heavy atom. The molecule has 1 rings (SSSR count). The second-order valence-corrected chi connectivity index (χ2v) is 4.44. The number of rotatable bonds is 6. The van der Waals surface area contributed by atoms with E-state index < -0.39 is 23.8 Å². The van der Waals surface area contributed by atoms with E-state index in [0.29, 0.717) is 0 Å². The van der Waals surface area contributed by atoms with Crippen LogP contribution in [0.5, 0.6) is 5.75 Å². The molecule has 0 fully saturated rings. The Morgan fingerprint density at radius 1 is 1.35 bits per heavy atom. The van der Waals surface area contributed by atoms with Gasteiger partial charge in [0.1, 0.15) is 11.8 Å². The fourth-order valence-electron chi connectivity index (χ4n) is 1.43. The maximum Gasteiger partial charge on any atom is 0.326 e. The van der Waals surface area contributed by atoms with E-state index in [2.05, 4.69) is 5.32 Å². The lowest BCUT2D eigenvalue weighted by Gasteiger charge is -2.13. The summed E-state index contributed by atoms with van der Waals surface area (Å²) in [6.07, 6.45) is -0.268. The minimum absolute atomic E-state index is 0.0262. The minimum atomic E-state index is -1.27. The van der Waals surface area contributed by atoms with Crippen molar-refractivity contribution in [3.05, 3.63) is 28.8 Å². The van der Waals surface area contributed by atoms with Crippen LogP contribution >= 0.6 is 11.6 Å². The molecular weight excluding hydrogens is 288 g/mol. The highest BCUT2D eigenvalue weighted by Crippen LogP contribution is 2.23. The van der Waals surface area contributed by atoms with Gasteiger partial charge >= 0.3 is 5.97 Å². The van der Waals surface area contributed by atoms with Gasteiger partial charge in [-0.2, -0.15) is 0 Å². The van der Waals surface area contributed by atoms with Crippen LogP contribution in [-0.4, -0.2) is 34.0 Å². The Labute approximate surface area is 119 Å². The average molecular weight is 301 g/mol. The van der Waals surface area contributed by atoms with Gasteiger partial charge in [0.25, 0.3) is 5.91 Å². The Morgan fingerprint density at radius 3 is 2.50 bits per heavy atom. The number of aromatic hydroxyl groups is 1. The first-order valence-electron chi connectivity index (χ1n) is 5.61. The number of halogens is 1. The smallest absolute Gasteiger partial charge is 0.326 e. The molecule has 0 saturated carbocycles. The van der Waals surface area contributed by atoms with Gasteiger partial charge in [-0.1, -0.05) is 11.6 Å². The van der Waals surface area contributed by atoms with Crippen molar-refractivity contribution in [1.29, 1.82) is 0 Å². The molecule has 1 aromatic rings. The summed E-state index contributed by atoms with van der Waals surface area (Å²) in [6.45, 7) is 0. The van der Waals surface area contributed by atoms with Crippen molar-refractivity contribution in [1.82, 2.24) is 5.32 Å². The fourth-order valence-corrected chi connectivity index (χ4v) is 1.61. The Kier molecular flexibility index (Phi) is 5.33. The van der Waals surface area contributed by atoms with Crippen LogP contribution in [0, 0.1) is 0 Å². The molecule has 20 heavy (non-hydrogen) atoms. The number of benzene rings is 1. The lowest BCUT2D eigenvalue weighted by Crippen LogP contribution is -2.41. The summed E-state index contributed by atoms with van der Waals surface area (Å²) in [4.78, 5) is 33.4. The normalized spacial score (nSPS) is 11.7. The molecule has 0 aliphatic carbocycles. The number of nitrogens with two attached hydrogens (primary N) is 1. The second-order valence-electron chi connectivity index (χ2n) is 4.04. The van der Waals surface area contributed by atoms with Crippen molar-refractivity contribution in [2.45, 2.75) is 18.9 Å². The number of phenols is 1. The van der Waals surface area contributed by atoms with Gasteiger partial charge in [0.2, 0.25) is 5.91 Å². The molecule has 0 saturated heterocycles.